The van der Waals surface area contributed by atoms with Crippen molar-refractivity contribution in [3.63, 3.8) is 0 Å². The zero-order valence-corrected chi connectivity index (χ0v) is 14.6. The maximum atomic E-state index is 5.44. The van der Waals surface area contributed by atoms with Crippen molar-refractivity contribution in [1.29, 1.82) is 0 Å². The highest BCUT2D eigenvalue weighted by atomic mass is 79.9. The summed E-state index contributed by atoms with van der Waals surface area (Å²) in [6.45, 7) is 5.89. The van der Waals surface area contributed by atoms with Gasteiger partial charge in [0.15, 0.2) is 11.5 Å². The number of hydrogen-bond acceptors (Lipinski definition) is 4. The Morgan fingerprint density at radius 2 is 1.95 bits per heavy atom. The van der Waals surface area contributed by atoms with E-state index in [-0.39, 0.29) is 0 Å². The minimum Gasteiger partial charge on any atom is -0.493 e. The third-order valence-electron chi connectivity index (χ3n) is 4.07. The maximum Gasteiger partial charge on any atom is 0.174 e. The highest BCUT2D eigenvalue weighted by Crippen LogP contribution is 2.36. The van der Waals surface area contributed by atoms with Gasteiger partial charge < -0.3 is 19.5 Å². The van der Waals surface area contributed by atoms with Crippen LogP contribution in [-0.2, 0) is 11.3 Å². The number of rotatable bonds is 6. The van der Waals surface area contributed by atoms with Gasteiger partial charge in [-0.05, 0) is 51.9 Å². The van der Waals surface area contributed by atoms with Crippen LogP contribution in [-0.4, -0.2) is 34.0 Å². The SMILES string of the molecule is COc1cc(CNCC2(C)CCOCC2)cc(Br)c1OC. The van der Waals surface area contributed by atoms with Gasteiger partial charge in [0, 0.05) is 26.3 Å². The van der Waals surface area contributed by atoms with Crippen molar-refractivity contribution in [2.45, 2.75) is 26.3 Å². The molecule has 0 saturated carbocycles. The first kappa shape index (κ1) is 16.6. The van der Waals surface area contributed by atoms with E-state index >= 15 is 0 Å². The van der Waals surface area contributed by atoms with Gasteiger partial charge in [0.25, 0.3) is 0 Å². The molecule has 0 aromatic heterocycles. The van der Waals surface area contributed by atoms with E-state index in [9.17, 15) is 0 Å². The Balaban J connectivity index is 1.95. The summed E-state index contributed by atoms with van der Waals surface area (Å²) in [5.41, 5.74) is 1.52. The lowest BCUT2D eigenvalue weighted by molar-refractivity contribution is 0.0240. The average molecular weight is 358 g/mol. The van der Waals surface area contributed by atoms with Crippen LogP contribution in [0.15, 0.2) is 16.6 Å². The molecule has 1 aromatic carbocycles. The zero-order valence-electron chi connectivity index (χ0n) is 13.0. The van der Waals surface area contributed by atoms with Crippen molar-refractivity contribution in [3.05, 3.63) is 22.2 Å². The molecule has 0 unspecified atom stereocenters. The highest BCUT2D eigenvalue weighted by molar-refractivity contribution is 9.10. The van der Waals surface area contributed by atoms with Gasteiger partial charge in [0.1, 0.15) is 0 Å². The predicted molar refractivity (Wildman–Crippen MR) is 87.1 cm³/mol. The van der Waals surface area contributed by atoms with Crippen LogP contribution in [0.25, 0.3) is 0 Å². The standard InChI is InChI=1S/C16H24BrNO3/c1-16(4-6-21-7-5-16)11-18-10-12-8-13(17)15(20-3)14(9-12)19-2/h8-9,18H,4-7,10-11H2,1-3H3. The molecule has 21 heavy (non-hydrogen) atoms. The Hall–Kier alpha value is -0.780. The Morgan fingerprint density at radius 1 is 1.24 bits per heavy atom. The third-order valence-corrected chi connectivity index (χ3v) is 4.66. The fourth-order valence-electron chi connectivity index (χ4n) is 2.62. The minimum absolute atomic E-state index is 0.339. The molecule has 1 aromatic rings. The summed E-state index contributed by atoms with van der Waals surface area (Å²) in [5.74, 6) is 1.48. The van der Waals surface area contributed by atoms with Gasteiger partial charge in [-0.25, -0.2) is 0 Å². The van der Waals surface area contributed by atoms with Crippen LogP contribution in [0.2, 0.25) is 0 Å². The first-order chi connectivity index (χ1) is 10.1. The largest absolute Gasteiger partial charge is 0.493 e. The first-order valence-electron chi connectivity index (χ1n) is 7.27. The lowest BCUT2D eigenvalue weighted by atomic mass is 9.82. The van der Waals surface area contributed by atoms with E-state index < -0.39 is 0 Å². The van der Waals surface area contributed by atoms with E-state index in [4.69, 9.17) is 14.2 Å². The molecule has 1 heterocycles. The van der Waals surface area contributed by atoms with Crippen LogP contribution in [0.1, 0.15) is 25.3 Å². The fraction of sp³-hybridized carbons (Fsp3) is 0.625. The van der Waals surface area contributed by atoms with Gasteiger partial charge in [-0.15, -0.1) is 0 Å². The topological polar surface area (TPSA) is 39.7 Å². The summed E-state index contributed by atoms with van der Waals surface area (Å²) in [6.07, 6.45) is 2.24. The van der Waals surface area contributed by atoms with Crippen LogP contribution in [0.5, 0.6) is 11.5 Å². The molecule has 0 amide bonds. The van der Waals surface area contributed by atoms with E-state index in [0.717, 1.165) is 55.1 Å². The van der Waals surface area contributed by atoms with Gasteiger partial charge in [0.2, 0.25) is 0 Å². The van der Waals surface area contributed by atoms with Gasteiger partial charge in [-0.2, -0.15) is 0 Å². The number of ether oxygens (including phenoxy) is 3. The van der Waals surface area contributed by atoms with E-state index in [1.54, 1.807) is 14.2 Å². The van der Waals surface area contributed by atoms with Crippen molar-refractivity contribution in [2.75, 3.05) is 34.0 Å². The number of benzene rings is 1. The summed E-state index contributed by atoms with van der Waals surface area (Å²) < 4.78 is 17.1. The van der Waals surface area contributed by atoms with Gasteiger partial charge in [-0.3, -0.25) is 0 Å². The van der Waals surface area contributed by atoms with Crippen molar-refractivity contribution in [1.82, 2.24) is 5.32 Å². The summed E-state index contributed by atoms with van der Waals surface area (Å²) >= 11 is 3.53. The van der Waals surface area contributed by atoms with Crippen LogP contribution >= 0.6 is 15.9 Å². The van der Waals surface area contributed by atoms with E-state index in [0.29, 0.717) is 5.41 Å². The van der Waals surface area contributed by atoms with Gasteiger partial charge >= 0.3 is 0 Å². The molecule has 2 rings (SSSR count). The molecule has 118 valence electrons. The molecule has 1 N–H and O–H groups in total. The average Bonchev–Trinajstić information content (AvgIpc) is 2.47. The quantitative estimate of drug-likeness (QED) is 0.847. The smallest absolute Gasteiger partial charge is 0.174 e. The molecule has 0 aliphatic carbocycles. The van der Waals surface area contributed by atoms with E-state index in [1.807, 2.05) is 6.07 Å². The lowest BCUT2D eigenvalue weighted by Gasteiger charge is -2.33. The Kier molecular flexibility index (Phi) is 5.90. The second-order valence-electron chi connectivity index (χ2n) is 5.84. The molecule has 0 bridgehead atoms. The molecule has 5 heteroatoms. The summed E-state index contributed by atoms with van der Waals surface area (Å²) in [4.78, 5) is 0. The number of methoxy groups -OCH3 is 2. The molecule has 1 fully saturated rings. The zero-order chi connectivity index (χ0) is 15.3. The van der Waals surface area contributed by atoms with Crippen LogP contribution in [0.3, 0.4) is 0 Å². The molecular formula is C16H24BrNO3. The molecule has 1 aliphatic rings. The van der Waals surface area contributed by atoms with Crippen LogP contribution < -0.4 is 14.8 Å². The minimum atomic E-state index is 0.339. The van der Waals surface area contributed by atoms with Crippen LogP contribution in [0, 0.1) is 5.41 Å². The maximum absolute atomic E-state index is 5.44. The fourth-order valence-corrected chi connectivity index (χ4v) is 3.27. The summed E-state index contributed by atoms with van der Waals surface area (Å²) in [5, 5.41) is 3.56. The number of hydrogen-bond donors (Lipinski definition) is 1. The molecule has 1 aliphatic heterocycles. The third kappa shape index (κ3) is 4.34. The van der Waals surface area contributed by atoms with Gasteiger partial charge in [0.05, 0.1) is 18.7 Å². The van der Waals surface area contributed by atoms with E-state index in [1.165, 1.54) is 5.56 Å². The number of halogens is 1. The van der Waals surface area contributed by atoms with Gasteiger partial charge in [-0.1, -0.05) is 6.92 Å². The molecular weight excluding hydrogens is 334 g/mol. The van der Waals surface area contributed by atoms with E-state index in [2.05, 4.69) is 34.2 Å². The second-order valence-corrected chi connectivity index (χ2v) is 6.69. The first-order valence-corrected chi connectivity index (χ1v) is 8.06. The molecule has 0 atom stereocenters. The molecule has 0 radical (unpaired) electrons. The molecule has 0 spiro atoms. The Labute approximate surface area is 135 Å². The monoisotopic (exact) mass is 357 g/mol. The molecule has 4 nitrogen and oxygen atoms in total. The molecule has 1 saturated heterocycles. The van der Waals surface area contributed by atoms with Crippen molar-refractivity contribution < 1.29 is 14.2 Å². The normalized spacial score (nSPS) is 17.5. The summed E-state index contributed by atoms with van der Waals surface area (Å²) in [7, 11) is 3.30. The number of nitrogens with one attached hydrogen (secondary N) is 1. The second kappa shape index (κ2) is 7.47. The van der Waals surface area contributed by atoms with Crippen molar-refractivity contribution in [2.24, 2.45) is 5.41 Å². The van der Waals surface area contributed by atoms with Crippen molar-refractivity contribution in [3.8, 4) is 11.5 Å². The predicted octanol–water partition coefficient (Wildman–Crippen LogP) is 3.37. The van der Waals surface area contributed by atoms with Crippen LogP contribution in [0.4, 0.5) is 0 Å². The Morgan fingerprint density at radius 3 is 2.57 bits per heavy atom. The lowest BCUT2D eigenvalue weighted by Crippen LogP contribution is -2.36. The highest BCUT2D eigenvalue weighted by Gasteiger charge is 2.26. The Bertz CT molecular complexity index is 473. The summed E-state index contributed by atoms with van der Waals surface area (Å²) in [6, 6.07) is 4.09. The van der Waals surface area contributed by atoms with Crippen molar-refractivity contribution >= 4 is 15.9 Å².